The molecule has 1 aromatic rings. The number of hydrogen-bond acceptors (Lipinski definition) is 6. The zero-order valence-corrected chi connectivity index (χ0v) is 26.1. The van der Waals surface area contributed by atoms with Crippen molar-refractivity contribution in [1.82, 2.24) is 15.1 Å². The zero-order valence-electron chi connectivity index (χ0n) is 26.1. The molecular formula is C34H48N4O5. The van der Waals surface area contributed by atoms with Crippen molar-refractivity contribution < 1.29 is 23.9 Å². The normalized spacial score (nSPS) is 35.4. The van der Waals surface area contributed by atoms with Crippen molar-refractivity contribution in [2.45, 2.75) is 83.1 Å². The van der Waals surface area contributed by atoms with Crippen LogP contribution in [-0.4, -0.2) is 90.7 Å². The second kappa shape index (κ2) is 12.3. The Kier molecular flexibility index (Phi) is 8.68. The van der Waals surface area contributed by atoms with E-state index in [1.807, 2.05) is 36.4 Å². The number of carbonyl (C=O) groups excluding carboxylic acids is 3. The molecule has 2 N–H and O–H groups in total. The standard InChI is InChI=1S/C34H48N4O5/c1-21(2)24-9-11-25(12-10-24)35-31(39)28-27-13-14-34(43-27)29(28)33(41)38(16-6-15-37-17-19-42-20-18-37)30(34)32(40)36-26-8-5-7-22(3)23(26)4/h9-14,21-23,26-30H,5-8,15-20H2,1-4H3,(H,35,39)(H,36,40)/t22-,23+,26-,27+,28-,29+,30+,34+/m1/s1. The summed E-state index contributed by atoms with van der Waals surface area (Å²) in [4.78, 5) is 46.4. The van der Waals surface area contributed by atoms with Crippen molar-refractivity contribution in [2.75, 3.05) is 44.7 Å². The number of fused-ring (bicyclic) bond motifs is 1. The van der Waals surface area contributed by atoms with Crippen molar-refractivity contribution in [1.29, 1.82) is 0 Å². The second-order valence-electron chi connectivity index (χ2n) is 13.7. The molecule has 5 aliphatic rings. The Morgan fingerprint density at radius 2 is 1.79 bits per heavy atom. The van der Waals surface area contributed by atoms with Crippen molar-refractivity contribution in [3.05, 3.63) is 42.0 Å². The fourth-order valence-corrected chi connectivity index (χ4v) is 8.02. The van der Waals surface area contributed by atoms with E-state index in [0.29, 0.717) is 43.2 Å². The van der Waals surface area contributed by atoms with Gasteiger partial charge in [-0.2, -0.15) is 0 Å². The highest BCUT2D eigenvalue weighted by Crippen LogP contribution is 2.55. The fraction of sp³-hybridized carbons (Fsp3) is 0.676. The third kappa shape index (κ3) is 5.64. The summed E-state index contributed by atoms with van der Waals surface area (Å²) in [6.45, 7) is 13.2. The molecule has 4 aliphatic heterocycles. The molecule has 0 aromatic heterocycles. The van der Waals surface area contributed by atoms with Crippen molar-refractivity contribution in [3.8, 4) is 0 Å². The average molecular weight is 593 g/mol. The lowest BCUT2D eigenvalue weighted by atomic mass is 9.73. The highest BCUT2D eigenvalue weighted by molar-refractivity contribution is 6.02. The van der Waals surface area contributed by atoms with Crippen LogP contribution in [-0.2, 0) is 23.9 Å². The molecule has 0 unspecified atom stereocenters. The Hall–Kier alpha value is -2.75. The summed E-state index contributed by atoms with van der Waals surface area (Å²) in [5, 5.41) is 6.39. The smallest absolute Gasteiger partial charge is 0.246 e. The van der Waals surface area contributed by atoms with Gasteiger partial charge in [0.1, 0.15) is 11.6 Å². The van der Waals surface area contributed by atoms with E-state index in [9.17, 15) is 14.4 Å². The number of benzene rings is 1. The molecule has 234 valence electrons. The molecule has 4 heterocycles. The minimum atomic E-state index is -1.14. The molecule has 1 saturated carbocycles. The van der Waals surface area contributed by atoms with Crippen LogP contribution < -0.4 is 10.6 Å². The SMILES string of the molecule is CC(C)c1ccc(NC(=O)[C@@H]2[C@@H]3C=C[C@]4(O3)[C@@H]2C(=O)N(CCCN2CCOCC2)[C@H]4C(=O)N[C@@H]2CCC[C@@H](C)[C@@H]2C)cc1. The second-order valence-corrected chi connectivity index (χ2v) is 13.7. The van der Waals surface area contributed by atoms with Crippen LogP contribution in [0.25, 0.3) is 0 Å². The molecule has 3 amide bonds. The molecule has 9 heteroatoms. The third-order valence-corrected chi connectivity index (χ3v) is 10.8. The van der Waals surface area contributed by atoms with Crippen LogP contribution >= 0.6 is 0 Å². The molecular weight excluding hydrogens is 544 g/mol. The van der Waals surface area contributed by atoms with Crippen LogP contribution in [0.5, 0.6) is 0 Å². The molecule has 0 radical (unpaired) electrons. The number of ether oxygens (including phenoxy) is 2. The van der Waals surface area contributed by atoms with E-state index < -0.39 is 29.6 Å². The van der Waals surface area contributed by atoms with E-state index in [2.05, 4.69) is 43.2 Å². The Labute approximate surface area is 255 Å². The van der Waals surface area contributed by atoms with E-state index in [1.54, 1.807) is 4.90 Å². The number of rotatable bonds is 9. The maximum atomic E-state index is 14.3. The Balaban J connectivity index is 1.23. The quantitative estimate of drug-likeness (QED) is 0.426. The van der Waals surface area contributed by atoms with Gasteiger partial charge in [-0.25, -0.2) is 0 Å². The van der Waals surface area contributed by atoms with Gasteiger partial charge >= 0.3 is 0 Å². The summed E-state index contributed by atoms with van der Waals surface area (Å²) in [5.74, 6) is -0.721. The first-order valence-corrected chi connectivity index (χ1v) is 16.4. The molecule has 8 atom stereocenters. The van der Waals surface area contributed by atoms with Gasteiger partial charge in [-0.3, -0.25) is 19.3 Å². The van der Waals surface area contributed by atoms with Crippen LogP contribution in [0, 0.1) is 23.7 Å². The first-order valence-electron chi connectivity index (χ1n) is 16.4. The zero-order chi connectivity index (χ0) is 30.3. The lowest BCUT2D eigenvalue weighted by molar-refractivity contribution is -0.141. The lowest BCUT2D eigenvalue weighted by Gasteiger charge is -2.38. The van der Waals surface area contributed by atoms with E-state index in [0.717, 1.165) is 38.9 Å². The van der Waals surface area contributed by atoms with Gasteiger partial charge in [0.05, 0.1) is 31.2 Å². The Morgan fingerprint density at radius 3 is 2.51 bits per heavy atom. The summed E-state index contributed by atoms with van der Waals surface area (Å²) in [5.41, 5.74) is 0.743. The third-order valence-electron chi connectivity index (χ3n) is 10.8. The van der Waals surface area contributed by atoms with Crippen molar-refractivity contribution >= 4 is 23.4 Å². The van der Waals surface area contributed by atoms with Gasteiger partial charge in [0.25, 0.3) is 0 Å². The molecule has 1 aliphatic carbocycles. The summed E-state index contributed by atoms with van der Waals surface area (Å²) < 4.78 is 12.0. The number of nitrogens with one attached hydrogen (secondary N) is 2. The number of anilines is 1. The van der Waals surface area contributed by atoms with Gasteiger partial charge < -0.3 is 25.0 Å². The maximum absolute atomic E-state index is 14.3. The highest BCUT2D eigenvalue weighted by atomic mass is 16.5. The van der Waals surface area contributed by atoms with Gasteiger partial charge in [-0.15, -0.1) is 0 Å². The monoisotopic (exact) mass is 592 g/mol. The maximum Gasteiger partial charge on any atom is 0.246 e. The average Bonchev–Trinajstić information content (AvgIpc) is 3.64. The van der Waals surface area contributed by atoms with Gasteiger partial charge in [-0.1, -0.05) is 64.8 Å². The minimum Gasteiger partial charge on any atom is -0.379 e. The highest BCUT2D eigenvalue weighted by Gasteiger charge is 2.72. The van der Waals surface area contributed by atoms with Gasteiger partial charge in [0.15, 0.2) is 0 Å². The summed E-state index contributed by atoms with van der Waals surface area (Å²) in [6.07, 6.45) is 7.17. The molecule has 4 fully saturated rings. The van der Waals surface area contributed by atoms with Gasteiger partial charge in [-0.05, 0) is 48.3 Å². The van der Waals surface area contributed by atoms with Gasteiger partial charge in [0, 0.05) is 37.9 Å². The van der Waals surface area contributed by atoms with Gasteiger partial charge in [0.2, 0.25) is 17.7 Å². The van der Waals surface area contributed by atoms with Crippen molar-refractivity contribution in [2.24, 2.45) is 23.7 Å². The summed E-state index contributed by atoms with van der Waals surface area (Å²) in [7, 11) is 0. The summed E-state index contributed by atoms with van der Waals surface area (Å²) >= 11 is 0. The van der Waals surface area contributed by atoms with Crippen LogP contribution in [0.3, 0.4) is 0 Å². The minimum absolute atomic E-state index is 0.0625. The Morgan fingerprint density at radius 1 is 1.05 bits per heavy atom. The summed E-state index contributed by atoms with van der Waals surface area (Å²) in [6, 6.07) is 7.11. The molecule has 3 saturated heterocycles. The molecule has 6 rings (SSSR count). The first-order chi connectivity index (χ1) is 20.7. The van der Waals surface area contributed by atoms with Crippen molar-refractivity contribution in [3.63, 3.8) is 0 Å². The number of likely N-dealkylation sites (tertiary alicyclic amines) is 1. The van der Waals surface area contributed by atoms with E-state index in [-0.39, 0.29) is 23.8 Å². The molecule has 9 nitrogen and oxygen atoms in total. The predicted octanol–water partition coefficient (Wildman–Crippen LogP) is 3.56. The van der Waals surface area contributed by atoms with E-state index in [4.69, 9.17) is 9.47 Å². The number of hydrogen-bond donors (Lipinski definition) is 2. The van der Waals surface area contributed by atoms with E-state index >= 15 is 0 Å². The predicted molar refractivity (Wildman–Crippen MR) is 164 cm³/mol. The number of nitrogens with zero attached hydrogens (tertiary/aromatic N) is 2. The van der Waals surface area contributed by atoms with Crippen LogP contribution in [0.2, 0.25) is 0 Å². The number of morpholine rings is 1. The van der Waals surface area contributed by atoms with Crippen LogP contribution in [0.4, 0.5) is 5.69 Å². The lowest BCUT2D eigenvalue weighted by Crippen LogP contribution is -2.58. The topological polar surface area (TPSA) is 100 Å². The van der Waals surface area contributed by atoms with Crippen LogP contribution in [0.15, 0.2) is 36.4 Å². The molecule has 2 bridgehead atoms. The fourth-order valence-electron chi connectivity index (χ4n) is 8.02. The largest absolute Gasteiger partial charge is 0.379 e. The number of carbonyl (C=O) groups is 3. The molecule has 43 heavy (non-hydrogen) atoms. The Bertz CT molecular complexity index is 1230. The first kappa shape index (κ1) is 30.3. The number of amides is 3. The van der Waals surface area contributed by atoms with Crippen LogP contribution in [0.1, 0.15) is 64.9 Å². The van der Waals surface area contributed by atoms with E-state index in [1.165, 1.54) is 12.0 Å². The molecule has 1 spiro atoms. The molecule has 1 aromatic carbocycles.